The molecule has 1 aliphatic rings. The highest BCUT2D eigenvalue weighted by atomic mass is 16.5. The minimum atomic E-state index is -0.0437. The number of methoxy groups -OCH3 is 1. The Hall–Kier alpha value is -4.20. The second-order valence-corrected chi connectivity index (χ2v) is 7.37. The first kappa shape index (κ1) is 19.7. The molecule has 0 unspecified atom stereocenters. The summed E-state index contributed by atoms with van der Waals surface area (Å²) >= 11 is 0. The van der Waals surface area contributed by atoms with Crippen molar-refractivity contribution < 1.29 is 18.8 Å². The minimum absolute atomic E-state index is 0.0272. The monoisotopic (exact) mass is 428 g/mol. The molecule has 0 atom stereocenters. The van der Waals surface area contributed by atoms with Crippen LogP contribution in [0, 0.1) is 0 Å². The van der Waals surface area contributed by atoms with Gasteiger partial charge in [0.25, 0.3) is 11.8 Å². The molecule has 5 rings (SSSR count). The van der Waals surface area contributed by atoms with Gasteiger partial charge >= 0.3 is 0 Å². The lowest BCUT2D eigenvalue weighted by atomic mass is 10.1. The number of carbonyl (C=O) groups is 1. The molecule has 1 aliphatic heterocycles. The molecule has 8 heteroatoms. The molecule has 0 N–H and O–H groups in total. The molecule has 3 heterocycles. The quantitative estimate of drug-likeness (QED) is 0.462. The molecule has 1 fully saturated rings. The Balaban J connectivity index is 1.18. The van der Waals surface area contributed by atoms with E-state index in [1.807, 2.05) is 48.5 Å². The topological polar surface area (TPSA) is 90.6 Å². The van der Waals surface area contributed by atoms with Crippen LogP contribution in [0.1, 0.15) is 10.4 Å². The number of hydrogen-bond acceptors (Lipinski definition) is 7. The maximum atomic E-state index is 12.6. The first-order valence-electron chi connectivity index (χ1n) is 10.1. The summed E-state index contributed by atoms with van der Waals surface area (Å²) in [7, 11) is 1.58. The third-order valence-corrected chi connectivity index (χ3v) is 5.20. The average molecular weight is 428 g/mol. The molecule has 0 aliphatic carbocycles. The summed E-state index contributed by atoms with van der Waals surface area (Å²) in [5.74, 6) is 2.28. The molecule has 1 saturated heterocycles. The number of pyridine rings is 1. The SMILES string of the molecule is COc1cccc(C(=O)N2CC(Oc3ccc(-c4noc(-c5cccnc5)n4)cc3)C2)c1. The third kappa shape index (κ3) is 4.02. The van der Waals surface area contributed by atoms with Crippen LogP contribution in [0.25, 0.3) is 22.8 Å². The highest BCUT2D eigenvalue weighted by Crippen LogP contribution is 2.25. The number of rotatable bonds is 6. The summed E-state index contributed by atoms with van der Waals surface area (Å²) in [6.07, 6.45) is 3.32. The molecule has 2 aromatic carbocycles. The smallest absolute Gasteiger partial charge is 0.259 e. The number of carbonyl (C=O) groups excluding carboxylic acids is 1. The van der Waals surface area contributed by atoms with Gasteiger partial charge in [0, 0.05) is 23.5 Å². The van der Waals surface area contributed by atoms with Gasteiger partial charge in [0.2, 0.25) is 5.82 Å². The summed E-state index contributed by atoms with van der Waals surface area (Å²) in [6.45, 7) is 1.08. The molecule has 32 heavy (non-hydrogen) atoms. The van der Waals surface area contributed by atoms with Crippen molar-refractivity contribution >= 4 is 5.91 Å². The van der Waals surface area contributed by atoms with Gasteiger partial charge in [-0.3, -0.25) is 9.78 Å². The lowest BCUT2D eigenvalue weighted by molar-refractivity contribution is 0.0178. The number of likely N-dealkylation sites (tertiary alicyclic amines) is 1. The van der Waals surface area contributed by atoms with E-state index in [1.165, 1.54) is 0 Å². The van der Waals surface area contributed by atoms with Crippen LogP contribution >= 0.6 is 0 Å². The van der Waals surface area contributed by atoms with Gasteiger partial charge in [0.15, 0.2) is 0 Å². The van der Waals surface area contributed by atoms with E-state index in [-0.39, 0.29) is 12.0 Å². The van der Waals surface area contributed by atoms with Crippen LogP contribution in [0.15, 0.2) is 77.6 Å². The summed E-state index contributed by atoms with van der Waals surface area (Å²) in [5.41, 5.74) is 2.20. The Morgan fingerprint density at radius 2 is 1.88 bits per heavy atom. The summed E-state index contributed by atoms with van der Waals surface area (Å²) in [5, 5.41) is 4.04. The molecule has 160 valence electrons. The Morgan fingerprint density at radius 3 is 2.62 bits per heavy atom. The van der Waals surface area contributed by atoms with E-state index in [1.54, 1.807) is 36.5 Å². The fourth-order valence-corrected chi connectivity index (χ4v) is 3.44. The summed E-state index contributed by atoms with van der Waals surface area (Å²) < 4.78 is 16.5. The van der Waals surface area contributed by atoms with Crippen molar-refractivity contribution in [2.45, 2.75) is 6.10 Å². The molecule has 4 aromatic rings. The van der Waals surface area contributed by atoms with Crippen molar-refractivity contribution in [3.8, 4) is 34.3 Å². The summed E-state index contributed by atoms with van der Waals surface area (Å²) in [4.78, 5) is 22.8. The van der Waals surface area contributed by atoms with Crippen LogP contribution < -0.4 is 9.47 Å². The van der Waals surface area contributed by atoms with Crippen LogP contribution in [0.4, 0.5) is 0 Å². The van der Waals surface area contributed by atoms with E-state index in [0.717, 1.165) is 16.9 Å². The predicted molar refractivity (Wildman–Crippen MR) is 116 cm³/mol. The zero-order valence-electron chi connectivity index (χ0n) is 17.3. The number of ether oxygens (including phenoxy) is 2. The predicted octanol–water partition coefficient (Wildman–Crippen LogP) is 3.71. The molecule has 0 radical (unpaired) electrons. The van der Waals surface area contributed by atoms with Crippen LogP contribution in [-0.4, -0.2) is 52.2 Å². The van der Waals surface area contributed by atoms with E-state index in [0.29, 0.717) is 36.1 Å². The van der Waals surface area contributed by atoms with E-state index >= 15 is 0 Å². The maximum absolute atomic E-state index is 12.6. The fraction of sp³-hybridized carbons (Fsp3) is 0.167. The van der Waals surface area contributed by atoms with E-state index in [9.17, 15) is 4.79 Å². The number of hydrogen-bond donors (Lipinski definition) is 0. The first-order chi connectivity index (χ1) is 15.7. The van der Waals surface area contributed by atoms with Gasteiger partial charge in [-0.15, -0.1) is 0 Å². The van der Waals surface area contributed by atoms with Gasteiger partial charge in [-0.25, -0.2) is 0 Å². The Labute approximate surface area is 184 Å². The van der Waals surface area contributed by atoms with Gasteiger partial charge in [0.05, 0.1) is 25.8 Å². The van der Waals surface area contributed by atoms with Crippen molar-refractivity contribution in [3.05, 3.63) is 78.6 Å². The average Bonchev–Trinajstić information content (AvgIpc) is 3.32. The maximum Gasteiger partial charge on any atom is 0.259 e. The molecule has 8 nitrogen and oxygen atoms in total. The van der Waals surface area contributed by atoms with Crippen molar-refractivity contribution in [2.75, 3.05) is 20.2 Å². The van der Waals surface area contributed by atoms with Crippen LogP contribution in [0.2, 0.25) is 0 Å². The van der Waals surface area contributed by atoms with Gasteiger partial charge in [-0.1, -0.05) is 11.2 Å². The van der Waals surface area contributed by atoms with Crippen molar-refractivity contribution in [2.24, 2.45) is 0 Å². The number of aromatic nitrogens is 3. The molecular weight excluding hydrogens is 408 g/mol. The van der Waals surface area contributed by atoms with Gasteiger partial charge in [-0.2, -0.15) is 4.98 Å². The normalized spacial score (nSPS) is 13.5. The van der Waals surface area contributed by atoms with Crippen LogP contribution in [0.3, 0.4) is 0 Å². The van der Waals surface area contributed by atoms with Crippen molar-refractivity contribution in [3.63, 3.8) is 0 Å². The largest absolute Gasteiger partial charge is 0.497 e. The molecule has 0 bridgehead atoms. The van der Waals surface area contributed by atoms with Gasteiger partial charge < -0.3 is 18.9 Å². The zero-order chi connectivity index (χ0) is 21.9. The highest BCUT2D eigenvalue weighted by Gasteiger charge is 2.33. The third-order valence-electron chi connectivity index (χ3n) is 5.20. The minimum Gasteiger partial charge on any atom is -0.497 e. The molecule has 2 aromatic heterocycles. The Kier molecular flexibility index (Phi) is 5.25. The highest BCUT2D eigenvalue weighted by molar-refractivity contribution is 5.95. The molecule has 0 spiro atoms. The molecule has 1 amide bonds. The Morgan fingerprint density at radius 1 is 1.03 bits per heavy atom. The van der Waals surface area contributed by atoms with Crippen LogP contribution in [0.5, 0.6) is 11.5 Å². The van der Waals surface area contributed by atoms with E-state index < -0.39 is 0 Å². The Bertz CT molecular complexity index is 1220. The van der Waals surface area contributed by atoms with Crippen molar-refractivity contribution in [1.82, 2.24) is 20.0 Å². The van der Waals surface area contributed by atoms with Gasteiger partial charge in [0.1, 0.15) is 17.6 Å². The number of benzene rings is 2. The fourth-order valence-electron chi connectivity index (χ4n) is 3.44. The van der Waals surface area contributed by atoms with Crippen LogP contribution in [-0.2, 0) is 0 Å². The standard InChI is InChI=1S/C24H20N4O4/c1-30-20-6-2-4-17(12-20)24(29)28-14-21(15-28)31-19-9-7-16(8-10-19)22-26-23(32-27-22)18-5-3-11-25-13-18/h2-13,21H,14-15H2,1H3. The lowest BCUT2D eigenvalue weighted by Gasteiger charge is -2.39. The van der Waals surface area contributed by atoms with E-state index in [4.69, 9.17) is 14.0 Å². The number of amides is 1. The summed E-state index contributed by atoms with van der Waals surface area (Å²) in [6, 6.07) is 18.3. The molecule has 0 saturated carbocycles. The van der Waals surface area contributed by atoms with Crippen molar-refractivity contribution in [1.29, 1.82) is 0 Å². The lowest BCUT2D eigenvalue weighted by Crippen LogP contribution is -2.56. The van der Waals surface area contributed by atoms with Gasteiger partial charge in [-0.05, 0) is 54.6 Å². The number of nitrogens with zero attached hydrogens (tertiary/aromatic N) is 4. The van der Waals surface area contributed by atoms with E-state index in [2.05, 4.69) is 15.1 Å². The second-order valence-electron chi connectivity index (χ2n) is 7.37. The first-order valence-corrected chi connectivity index (χ1v) is 10.1. The zero-order valence-corrected chi connectivity index (χ0v) is 17.3. The molecular formula is C24H20N4O4. The second kappa shape index (κ2) is 8.50.